The highest BCUT2D eigenvalue weighted by molar-refractivity contribution is 7.09. The Kier molecular flexibility index (Phi) is 7.29. The van der Waals surface area contributed by atoms with Gasteiger partial charge in [-0.1, -0.05) is 18.2 Å². The topological polar surface area (TPSA) is 65.5 Å². The smallest absolute Gasteiger partial charge is 0.251 e. The number of hydrogen-bond acceptors (Lipinski definition) is 3. The number of hydrogen-bond donors (Lipinski definition) is 3. The van der Waals surface area contributed by atoms with Gasteiger partial charge in [0.05, 0.1) is 0 Å². The van der Waals surface area contributed by atoms with E-state index in [0.717, 1.165) is 24.5 Å². The summed E-state index contributed by atoms with van der Waals surface area (Å²) in [6.45, 7) is 4.05. The number of rotatable bonds is 7. The summed E-state index contributed by atoms with van der Waals surface area (Å²) in [7, 11) is 1.76. The zero-order chi connectivity index (χ0) is 17.2. The monoisotopic (exact) mass is 344 g/mol. The average molecular weight is 344 g/mol. The highest BCUT2D eigenvalue weighted by atomic mass is 32.1. The van der Waals surface area contributed by atoms with Crippen molar-refractivity contribution >= 4 is 23.2 Å². The van der Waals surface area contributed by atoms with Crippen LogP contribution in [0, 0.1) is 0 Å². The Labute approximate surface area is 147 Å². The maximum Gasteiger partial charge on any atom is 0.251 e. The molecule has 0 saturated carbocycles. The molecule has 0 unspecified atom stereocenters. The van der Waals surface area contributed by atoms with Gasteiger partial charge in [-0.05, 0) is 42.5 Å². The first kappa shape index (κ1) is 18.0. The van der Waals surface area contributed by atoms with Crippen LogP contribution in [0.15, 0.2) is 46.8 Å². The van der Waals surface area contributed by atoms with Crippen LogP contribution in [0.25, 0.3) is 0 Å². The van der Waals surface area contributed by atoms with Gasteiger partial charge >= 0.3 is 0 Å². The van der Waals surface area contributed by atoms with Gasteiger partial charge in [-0.2, -0.15) is 0 Å². The lowest BCUT2D eigenvalue weighted by atomic mass is 10.1. The SMILES string of the molecule is CCNC(=O)c1ccc(CNC(=NC)NCCc2cccs2)cc1. The Morgan fingerprint density at radius 3 is 2.54 bits per heavy atom. The normalized spacial score (nSPS) is 11.2. The molecule has 3 N–H and O–H groups in total. The molecule has 1 aromatic carbocycles. The molecule has 0 atom stereocenters. The van der Waals surface area contributed by atoms with Crippen molar-refractivity contribution in [3.63, 3.8) is 0 Å². The zero-order valence-electron chi connectivity index (χ0n) is 14.1. The summed E-state index contributed by atoms with van der Waals surface area (Å²) in [6, 6.07) is 11.8. The van der Waals surface area contributed by atoms with E-state index >= 15 is 0 Å². The number of benzene rings is 1. The van der Waals surface area contributed by atoms with Gasteiger partial charge in [-0.25, -0.2) is 0 Å². The van der Waals surface area contributed by atoms with Gasteiger partial charge in [0.1, 0.15) is 0 Å². The van der Waals surface area contributed by atoms with Crippen LogP contribution in [0.3, 0.4) is 0 Å². The Bertz CT molecular complexity index is 650. The second-order valence-electron chi connectivity index (χ2n) is 5.24. The molecule has 0 aliphatic carbocycles. The van der Waals surface area contributed by atoms with E-state index in [1.807, 2.05) is 31.2 Å². The molecule has 1 amide bonds. The summed E-state index contributed by atoms with van der Waals surface area (Å²) >= 11 is 1.77. The molecule has 6 heteroatoms. The Balaban J connectivity index is 1.77. The first-order valence-corrected chi connectivity index (χ1v) is 8.95. The van der Waals surface area contributed by atoms with Crippen molar-refractivity contribution in [3.05, 3.63) is 57.8 Å². The van der Waals surface area contributed by atoms with Gasteiger partial charge in [0.25, 0.3) is 5.91 Å². The van der Waals surface area contributed by atoms with Crippen LogP contribution in [0.2, 0.25) is 0 Å². The maximum absolute atomic E-state index is 11.7. The molecule has 0 radical (unpaired) electrons. The maximum atomic E-state index is 11.7. The standard InChI is InChI=1S/C18H24N4OS/c1-3-20-17(23)15-8-6-14(7-9-15)13-22-18(19-2)21-11-10-16-5-4-12-24-16/h4-9,12H,3,10-11,13H2,1-2H3,(H,20,23)(H2,19,21,22). The summed E-state index contributed by atoms with van der Waals surface area (Å²) in [6.07, 6.45) is 0.986. The molecular formula is C18H24N4OS. The van der Waals surface area contributed by atoms with E-state index in [4.69, 9.17) is 0 Å². The third kappa shape index (κ3) is 5.70. The lowest BCUT2D eigenvalue weighted by Crippen LogP contribution is -2.37. The number of aliphatic imine (C=N–C) groups is 1. The minimum absolute atomic E-state index is 0.0388. The van der Waals surface area contributed by atoms with Crippen molar-refractivity contribution in [2.45, 2.75) is 19.9 Å². The third-order valence-electron chi connectivity index (χ3n) is 3.48. The Morgan fingerprint density at radius 2 is 1.92 bits per heavy atom. The summed E-state index contributed by atoms with van der Waals surface area (Å²) < 4.78 is 0. The van der Waals surface area contributed by atoms with Crippen molar-refractivity contribution in [1.82, 2.24) is 16.0 Å². The fourth-order valence-corrected chi connectivity index (χ4v) is 2.91. The van der Waals surface area contributed by atoms with Crippen molar-refractivity contribution in [2.75, 3.05) is 20.1 Å². The highest BCUT2D eigenvalue weighted by Gasteiger charge is 2.04. The van der Waals surface area contributed by atoms with Crippen LogP contribution in [-0.2, 0) is 13.0 Å². The van der Waals surface area contributed by atoms with E-state index in [-0.39, 0.29) is 5.91 Å². The molecule has 0 aliphatic rings. The van der Waals surface area contributed by atoms with E-state index in [1.54, 1.807) is 18.4 Å². The molecule has 1 heterocycles. The predicted molar refractivity (Wildman–Crippen MR) is 101 cm³/mol. The largest absolute Gasteiger partial charge is 0.356 e. The van der Waals surface area contributed by atoms with Crippen LogP contribution >= 0.6 is 11.3 Å². The first-order valence-electron chi connectivity index (χ1n) is 8.07. The van der Waals surface area contributed by atoms with E-state index < -0.39 is 0 Å². The number of guanidine groups is 1. The number of thiophene rings is 1. The molecule has 128 valence electrons. The van der Waals surface area contributed by atoms with Crippen LogP contribution in [0.5, 0.6) is 0 Å². The predicted octanol–water partition coefficient (Wildman–Crippen LogP) is 2.41. The van der Waals surface area contributed by atoms with Gasteiger partial charge < -0.3 is 16.0 Å². The first-order chi connectivity index (χ1) is 11.7. The molecule has 2 aromatic rings. The fourth-order valence-electron chi connectivity index (χ4n) is 2.20. The van der Waals surface area contributed by atoms with Gasteiger partial charge in [0.2, 0.25) is 0 Å². The molecule has 2 rings (SSSR count). The van der Waals surface area contributed by atoms with E-state index in [0.29, 0.717) is 18.7 Å². The molecule has 1 aromatic heterocycles. The zero-order valence-corrected chi connectivity index (χ0v) is 15.0. The van der Waals surface area contributed by atoms with E-state index in [2.05, 4.69) is 38.5 Å². The van der Waals surface area contributed by atoms with Gasteiger partial charge in [-0.3, -0.25) is 9.79 Å². The molecule has 0 saturated heterocycles. The number of nitrogens with one attached hydrogen (secondary N) is 3. The Hall–Kier alpha value is -2.34. The Morgan fingerprint density at radius 1 is 1.12 bits per heavy atom. The summed E-state index contributed by atoms with van der Waals surface area (Å²) in [5.74, 6) is 0.738. The van der Waals surface area contributed by atoms with Gasteiger partial charge in [0, 0.05) is 37.1 Å². The molecule has 24 heavy (non-hydrogen) atoms. The highest BCUT2D eigenvalue weighted by Crippen LogP contribution is 2.08. The van der Waals surface area contributed by atoms with Crippen molar-refractivity contribution in [1.29, 1.82) is 0 Å². The number of nitrogens with zero attached hydrogens (tertiary/aromatic N) is 1. The third-order valence-corrected chi connectivity index (χ3v) is 4.42. The summed E-state index contributed by atoms with van der Waals surface area (Å²) in [5.41, 5.74) is 1.78. The second kappa shape index (κ2) is 9.72. The van der Waals surface area contributed by atoms with Crippen molar-refractivity contribution in [2.24, 2.45) is 4.99 Å². The summed E-state index contributed by atoms with van der Waals surface area (Å²) in [5, 5.41) is 11.5. The molecule has 0 bridgehead atoms. The molecule has 0 spiro atoms. The summed E-state index contributed by atoms with van der Waals surface area (Å²) in [4.78, 5) is 17.3. The quantitative estimate of drug-likeness (QED) is 0.534. The second-order valence-corrected chi connectivity index (χ2v) is 6.27. The number of carbonyl (C=O) groups is 1. The van der Waals surface area contributed by atoms with Gasteiger partial charge in [0.15, 0.2) is 5.96 Å². The van der Waals surface area contributed by atoms with Crippen molar-refractivity contribution < 1.29 is 4.79 Å². The van der Waals surface area contributed by atoms with Crippen LogP contribution in [-0.4, -0.2) is 32.0 Å². The lowest BCUT2D eigenvalue weighted by Gasteiger charge is -2.12. The van der Waals surface area contributed by atoms with Crippen LogP contribution < -0.4 is 16.0 Å². The fraction of sp³-hybridized carbons (Fsp3) is 0.333. The molecular weight excluding hydrogens is 320 g/mol. The van der Waals surface area contributed by atoms with E-state index in [1.165, 1.54) is 4.88 Å². The van der Waals surface area contributed by atoms with E-state index in [9.17, 15) is 4.79 Å². The minimum Gasteiger partial charge on any atom is -0.356 e. The molecule has 0 fully saturated rings. The number of carbonyl (C=O) groups excluding carboxylic acids is 1. The van der Waals surface area contributed by atoms with Crippen molar-refractivity contribution in [3.8, 4) is 0 Å². The van der Waals surface area contributed by atoms with Gasteiger partial charge in [-0.15, -0.1) is 11.3 Å². The lowest BCUT2D eigenvalue weighted by molar-refractivity contribution is 0.0956. The van der Waals surface area contributed by atoms with Crippen LogP contribution in [0.1, 0.15) is 27.7 Å². The number of amides is 1. The average Bonchev–Trinajstić information content (AvgIpc) is 3.12. The molecule has 0 aliphatic heterocycles. The van der Waals surface area contributed by atoms with Crippen LogP contribution in [0.4, 0.5) is 0 Å². The molecule has 5 nitrogen and oxygen atoms in total. The minimum atomic E-state index is -0.0388.